The van der Waals surface area contributed by atoms with E-state index in [0.717, 1.165) is 28.1 Å². The van der Waals surface area contributed by atoms with Crippen LogP contribution in [0.2, 0.25) is 0 Å². The Hall–Kier alpha value is -3.75. The maximum Gasteiger partial charge on any atom is 0.166 e. The highest BCUT2D eigenvalue weighted by Crippen LogP contribution is 2.37. The summed E-state index contributed by atoms with van der Waals surface area (Å²) in [5.74, 6) is 0.373. The van der Waals surface area contributed by atoms with E-state index >= 15 is 0 Å². The normalized spacial score (nSPS) is 15.1. The average molecular weight is 433 g/mol. The monoisotopic (exact) mass is 433 g/mol. The number of anilines is 1. The van der Waals surface area contributed by atoms with Crippen LogP contribution in [0.1, 0.15) is 43.7 Å². The summed E-state index contributed by atoms with van der Waals surface area (Å²) in [7, 11) is 0. The van der Waals surface area contributed by atoms with Crippen LogP contribution in [0.4, 0.5) is 10.2 Å². The fourth-order valence-electron chi connectivity index (χ4n) is 4.18. The number of benzene rings is 1. The third-order valence-electron chi connectivity index (χ3n) is 5.75. The van der Waals surface area contributed by atoms with Crippen LogP contribution >= 0.6 is 0 Å². The van der Waals surface area contributed by atoms with Crippen LogP contribution in [0, 0.1) is 5.82 Å². The molecule has 0 spiro atoms. The van der Waals surface area contributed by atoms with Crippen molar-refractivity contribution in [1.82, 2.24) is 29.8 Å². The van der Waals surface area contributed by atoms with E-state index in [4.69, 9.17) is 20.7 Å². The quantitative estimate of drug-likeness (QED) is 0.513. The number of halogens is 1. The van der Waals surface area contributed by atoms with Crippen LogP contribution in [0.3, 0.4) is 0 Å². The minimum Gasteiger partial charge on any atom is -0.482 e. The largest absolute Gasteiger partial charge is 0.482 e. The lowest BCUT2D eigenvalue weighted by molar-refractivity contribution is 0.227. The van der Waals surface area contributed by atoms with Crippen molar-refractivity contribution in [3.05, 3.63) is 59.3 Å². The summed E-state index contributed by atoms with van der Waals surface area (Å²) in [6.45, 7) is 7.21. The van der Waals surface area contributed by atoms with Gasteiger partial charge in [-0.3, -0.25) is 4.68 Å². The number of hydrogen-bond donors (Lipinski definition) is 1. The van der Waals surface area contributed by atoms with Crippen molar-refractivity contribution in [2.24, 2.45) is 0 Å². The molecule has 0 fully saturated rings. The summed E-state index contributed by atoms with van der Waals surface area (Å²) in [5.41, 5.74) is 11.9. The molecular weight excluding hydrogens is 409 g/mol. The van der Waals surface area contributed by atoms with Gasteiger partial charge in [0, 0.05) is 41.4 Å². The first-order valence-corrected chi connectivity index (χ1v) is 10.7. The SMILES string of the molecule is CCn1nc2c(n1)-c1ccc(F)cc1[C@@H](C)Oc1cc(cnc1N)-c1c(cnn1CC)C2. The second kappa shape index (κ2) is 7.74. The lowest BCUT2D eigenvalue weighted by Crippen LogP contribution is -2.10. The molecule has 1 aromatic carbocycles. The molecule has 9 heteroatoms. The molecule has 32 heavy (non-hydrogen) atoms. The number of hydrogen-bond acceptors (Lipinski definition) is 6. The van der Waals surface area contributed by atoms with E-state index in [1.165, 1.54) is 12.1 Å². The van der Waals surface area contributed by atoms with Gasteiger partial charge in [0.25, 0.3) is 0 Å². The van der Waals surface area contributed by atoms with Gasteiger partial charge in [-0.05, 0) is 45.0 Å². The number of rotatable bonds is 2. The molecule has 1 aliphatic heterocycles. The molecular formula is C23H24FN7O. The zero-order valence-corrected chi connectivity index (χ0v) is 18.2. The maximum atomic E-state index is 14.3. The molecule has 0 unspecified atom stereocenters. The van der Waals surface area contributed by atoms with Crippen molar-refractivity contribution in [1.29, 1.82) is 0 Å². The van der Waals surface area contributed by atoms with Gasteiger partial charge in [-0.15, -0.1) is 0 Å². The summed E-state index contributed by atoms with van der Waals surface area (Å²) < 4.78 is 22.4. The standard InChI is InChI=1S/C23H24FN7O/c1-4-30-22-14(12-27-30)8-19-21(29-31(5-2)28-19)17-7-6-16(24)10-18(17)13(3)32-20-9-15(22)11-26-23(20)25/h6-7,9-13H,4-5,8H2,1-3H3,(H2,25,26)/t13-/m1/s1. The fraction of sp³-hybridized carbons (Fsp3) is 0.304. The highest BCUT2D eigenvalue weighted by molar-refractivity contribution is 5.71. The molecule has 5 rings (SSSR count). The number of nitrogens with zero attached hydrogens (tertiary/aromatic N) is 6. The Kier molecular flexibility index (Phi) is 4.88. The van der Waals surface area contributed by atoms with Gasteiger partial charge in [-0.1, -0.05) is 0 Å². The topological polar surface area (TPSA) is 96.7 Å². The molecule has 1 aliphatic rings. The van der Waals surface area contributed by atoms with Crippen LogP contribution in [-0.2, 0) is 19.5 Å². The number of ether oxygens (including phenoxy) is 1. The van der Waals surface area contributed by atoms with E-state index < -0.39 is 6.10 Å². The number of fused-ring (bicyclic) bond motifs is 7. The minimum atomic E-state index is -0.491. The molecule has 4 heterocycles. The number of nitrogen functional groups attached to an aromatic ring is 1. The van der Waals surface area contributed by atoms with Crippen LogP contribution < -0.4 is 10.5 Å². The zero-order chi connectivity index (χ0) is 22.4. The third-order valence-corrected chi connectivity index (χ3v) is 5.75. The first-order valence-electron chi connectivity index (χ1n) is 10.7. The zero-order valence-electron chi connectivity index (χ0n) is 18.2. The Morgan fingerprint density at radius 1 is 1.16 bits per heavy atom. The number of aromatic nitrogens is 6. The van der Waals surface area contributed by atoms with E-state index in [9.17, 15) is 4.39 Å². The lowest BCUT2D eigenvalue weighted by atomic mass is 9.96. The van der Waals surface area contributed by atoms with Gasteiger partial charge in [0.15, 0.2) is 11.6 Å². The van der Waals surface area contributed by atoms with E-state index in [1.807, 2.05) is 37.7 Å². The Bertz CT molecular complexity index is 1310. The Labute approximate surface area is 184 Å². The molecule has 1 atom stereocenters. The second-order valence-corrected chi connectivity index (χ2v) is 7.79. The van der Waals surface area contributed by atoms with E-state index in [2.05, 4.69) is 10.1 Å². The smallest absolute Gasteiger partial charge is 0.166 e. The third kappa shape index (κ3) is 3.30. The van der Waals surface area contributed by atoms with Gasteiger partial charge < -0.3 is 10.5 Å². The molecule has 0 saturated heterocycles. The predicted molar refractivity (Wildman–Crippen MR) is 118 cm³/mol. The number of pyridine rings is 1. The minimum absolute atomic E-state index is 0.275. The van der Waals surface area contributed by atoms with Crippen molar-refractivity contribution >= 4 is 5.82 Å². The van der Waals surface area contributed by atoms with Crippen LogP contribution in [0.15, 0.2) is 36.7 Å². The molecule has 2 N–H and O–H groups in total. The average Bonchev–Trinajstić information content (AvgIpc) is 3.38. The van der Waals surface area contributed by atoms with Gasteiger partial charge in [0.2, 0.25) is 0 Å². The molecule has 8 nitrogen and oxygen atoms in total. The summed E-state index contributed by atoms with van der Waals surface area (Å²) in [6.07, 6.45) is 3.61. The van der Waals surface area contributed by atoms with Crippen LogP contribution in [-0.4, -0.2) is 29.8 Å². The van der Waals surface area contributed by atoms with Crippen LogP contribution in [0.25, 0.3) is 22.5 Å². The molecule has 3 aromatic heterocycles. The molecule has 0 saturated carbocycles. The second-order valence-electron chi connectivity index (χ2n) is 7.79. The van der Waals surface area contributed by atoms with Gasteiger partial charge in [0.05, 0.1) is 24.1 Å². The van der Waals surface area contributed by atoms with Crippen LogP contribution in [0.5, 0.6) is 5.75 Å². The highest BCUT2D eigenvalue weighted by Gasteiger charge is 2.25. The summed E-state index contributed by atoms with van der Waals surface area (Å²) in [4.78, 5) is 6.02. The van der Waals surface area contributed by atoms with Crippen molar-refractivity contribution in [2.75, 3.05) is 5.73 Å². The van der Waals surface area contributed by atoms with Crippen molar-refractivity contribution < 1.29 is 9.13 Å². The molecule has 164 valence electrons. The Morgan fingerprint density at radius 3 is 2.78 bits per heavy atom. The predicted octanol–water partition coefficient (Wildman–Crippen LogP) is 4.01. The van der Waals surface area contributed by atoms with Gasteiger partial charge in [0.1, 0.15) is 17.6 Å². The molecule has 4 aromatic rings. The highest BCUT2D eigenvalue weighted by atomic mass is 19.1. The fourth-order valence-corrected chi connectivity index (χ4v) is 4.18. The molecule has 2 bridgehead atoms. The maximum absolute atomic E-state index is 14.3. The Balaban J connectivity index is 1.81. The summed E-state index contributed by atoms with van der Waals surface area (Å²) in [6, 6.07) is 6.52. The lowest BCUT2D eigenvalue weighted by Gasteiger charge is -2.20. The molecule has 0 aliphatic carbocycles. The first-order chi connectivity index (χ1) is 15.5. The first kappa shape index (κ1) is 20.2. The van der Waals surface area contributed by atoms with Crippen molar-refractivity contribution in [3.8, 4) is 28.3 Å². The molecule has 0 amide bonds. The van der Waals surface area contributed by atoms with Gasteiger partial charge in [-0.25, -0.2) is 9.37 Å². The number of nitrogens with two attached hydrogens (primary N) is 1. The molecule has 0 radical (unpaired) electrons. The van der Waals surface area contributed by atoms with Gasteiger partial charge >= 0.3 is 0 Å². The van der Waals surface area contributed by atoms with Crippen molar-refractivity contribution in [2.45, 2.75) is 46.4 Å². The van der Waals surface area contributed by atoms with E-state index in [-0.39, 0.29) is 11.6 Å². The van der Waals surface area contributed by atoms with E-state index in [0.29, 0.717) is 36.5 Å². The van der Waals surface area contributed by atoms with Gasteiger partial charge in [-0.2, -0.15) is 20.1 Å². The Morgan fingerprint density at radius 2 is 2.00 bits per heavy atom. The van der Waals surface area contributed by atoms with Crippen molar-refractivity contribution in [3.63, 3.8) is 0 Å². The number of aryl methyl sites for hydroxylation is 2. The van der Waals surface area contributed by atoms with E-state index in [1.54, 1.807) is 17.1 Å². The summed E-state index contributed by atoms with van der Waals surface area (Å²) >= 11 is 0. The summed E-state index contributed by atoms with van der Waals surface area (Å²) in [5, 5.41) is 14.0.